The number of H-pyrrole nitrogens is 2. The second-order valence-corrected chi connectivity index (χ2v) is 14.1. The van der Waals surface area contributed by atoms with Gasteiger partial charge < -0.3 is 30.4 Å². The van der Waals surface area contributed by atoms with Gasteiger partial charge >= 0.3 is 23.9 Å². The number of hydrogen-bond acceptors (Lipinski definition) is 6. The molecule has 0 radical (unpaired) electrons. The molecule has 3 aromatic heterocycles. The molecule has 5 heterocycles. The first-order chi connectivity index (χ1) is 29.0. The predicted octanol–water partition coefficient (Wildman–Crippen LogP) is 10.1. The fraction of sp³-hybridized carbons (Fsp3) is 0. The number of benzene rings is 4. The molecule has 4 aromatic carbocycles. The predicted molar refractivity (Wildman–Crippen MR) is 228 cm³/mol. The summed E-state index contributed by atoms with van der Waals surface area (Å²) in [6.07, 6.45) is 7.23. The zero-order chi connectivity index (χ0) is 41.7. The van der Waals surface area contributed by atoms with Crippen molar-refractivity contribution in [3.05, 3.63) is 166 Å². The fourth-order valence-electron chi connectivity index (χ4n) is 7.67. The molecule has 7 aromatic rings. The number of rotatable bonds is 8. The highest BCUT2D eigenvalue weighted by atomic mass is 16.4. The first-order valence-electron chi connectivity index (χ1n) is 18.5. The van der Waals surface area contributed by atoms with Crippen molar-refractivity contribution in [1.82, 2.24) is 19.9 Å². The Bertz CT molecular complexity index is 2940. The van der Waals surface area contributed by atoms with E-state index in [0.717, 1.165) is 23.3 Å². The Hall–Kier alpha value is -8.64. The van der Waals surface area contributed by atoms with E-state index in [4.69, 9.17) is 9.97 Å². The third-order valence-electron chi connectivity index (χ3n) is 10.3. The summed E-state index contributed by atoms with van der Waals surface area (Å²) < 4.78 is 0. The van der Waals surface area contributed by atoms with Crippen LogP contribution in [0.25, 0.3) is 90.9 Å². The zero-order valence-corrected chi connectivity index (χ0v) is 31.2. The molecule has 0 spiro atoms. The average molecular weight is 791 g/mol. The van der Waals surface area contributed by atoms with Gasteiger partial charge in [0, 0.05) is 44.3 Å². The van der Waals surface area contributed by atoms with Crippen LogP contribution in [0.3, 0.4) is 0 Å². The second-order valence-electron chi connectivity index (χ2n) is 14.1. The maximum absolute atomic E-state index is 12.3. The molecule has 290 valence electrons. The van der Waals surface area contributed by atoms with Crippen LogP contribution >= 0.6 is 0 Å². The Labute approximate surface area is 339 Å². The molecular weight excluding hydrogens is 761 g/mol. The van der Waals surface area contributed by atoms with E-state index in [-0.39, 0.29) is 22.3 Å². The van der Waals surface area contributed by atoms with Gasteiger partial charge in [-0.3, -0.25) is 0 Å². The maximum Gasteiger partial charge on any atom is 0.335 e. The molecule has 0 fully saturated rings. The van der Waals surface area contributed by atoms with Crippen molar-refractivity contribution in [2.24, 2.45) is 0 Å². The Balaban J connectivity index is 1.49. The van der Waals surface area contributed by atoms with Crippen LogP contribution in [-0.4, -0.2) is 64.2 Å². The lowest BCUT2D eigenvalue weighted by Gasteiger charge is -2.09. The fourth-order valence-corrected chi connectivity index (χ4v) is 7.67. The van der Waals surface area contributed by atoms with E-state index in [1.165, 1.54) is 24.3 Å². The van der Waals surface area contributed by atoms with Gasteiger partial charge in [0.15, 0.2) is 0 Å². The molecule has 2 aliphatic heterocycles. The van der Waals surface area contributed by atoms with E-state index in [0.29, 0.717) is 78.2 Å². The lowest BCUT2D eigenvalue weighted by molar-refractivity contribution is 0.0676. The molecular formula is C48H30N4O8. The highest BCUT2D eigenvalue weighted by Crippen LogP contribution is 2.39. The summed E-state index contributed by atoms with van der Waals surface area (Å²) in [5, 5.41) is 40.2. The average Bonchev–Trinajstić information content (AvgIpc) is 4.09. The minimum Gasteiger partial charge on any atom is -0.478 e. The summed E-state index contributed by atoms with van der Waals surface area (Å²) in [6.45, 7) is 0. The molecule has 12 heteroatoms. The van der Waals surface area contributed by atoms with Gasteiger partial charge in [0.05, 0.1) is 45.0 Å². The Kier molecular flexibility index (Phi) is 9.06. The van der Waals surface area contributed by atoms with Crippen LogP contribution < -0.4 is 0 Å². The van der Waals surface area contributed by atoms with Gasteiger partial charge in [-0.05, 0) is 107 Å². The van der Waals surface area contributed by atoms with E-state index in [9.17, 15) is 39.6 Å². The van der Waals surface area contributed by atoms with E-state index < -0.39 is 23.9 Å². The zero-order valence-electron chi connectivity index (χ0n) is 31.2. The normalized spacial score (nSPS) is 11.7. The Morgan fingerprint density at radius 3 is 0.883 bits per heavy atom. The molecule has 0 saturated carbocycles. The number of carboxylic acid groups (broad SMARTS) is 4. The molecule has 6 N–H and O–H groups in total. The third kappa shape index (κ3) is 6.69. The number of carbonyl (C=O) groups is 4. The van der Waals surface area contributed by atoms with Gasteiger partial charge in [0.1, 0.15) is 0 Å². The standard InChI is InChI=1S/C48H30N4O8/c53-45(54)29-19-27(20-30(23-29)46(55)56)43-37-15-11-33(49-37)41(25-7-3-1-4-8-25)34-12-16-38(50-34)44(28-21-31(47(57)58)24-32(22-28)48(59)60)40-18-14-36(52-40)42(26-9-5-2-6-10-26)35-13-17-39(43)51-35/h1-24,49,52H,(H,53,54)(H,55,56)(H,57,58)(H,59,60). The second kappa shape index (κ2) is 14.7. The van der Waals surface area contributed by atoms with Gasteiger partial charge in [-0.15, -0.1) is 0 Å². The van der Waals surface area contributed by atoms with Gasteiger partial charge in [-0.2, -0.15) is 0 Å². The number of carboxylic acids is 4. The molecule has 0 saturated heterocycles. The molecule has 2 aliphatic rings. The first-order valence-corrected chi connectivity index (χ1v) is 18.5. The first kappa shape index (κ1) is 37.0. The molecule has 9 rings (SSSR count). The van der Waals surface area contributed by atoms with E-state index in [2.05, 4.69) is 9.97 Å². The van der Waals surface area contributed by atoms with Crippen molar-refractivity contribution in [3.8, 4) is 44.5 Å². The number of hydrogen-bond donors (Lipinski definition) is 6. The summed E-state index contributed by atoms with van der Waals surface area (Å²) in [5.41, 5.74) is 7.83. The van der Waals surface area contributed by atoms with Crippen molar-refractivity contribution in [3.63, 3.8) is 0 Å². The third-order valence-corrected chi connectivity index (χ3v) is 10.3. The van der Waals surface area contributed by atoms with E-state index in [1.807, 2.05) is 97.1 Å². The summed E-state index contributed by atoms with van der Waals surface area (Å²) in [5.74, 6) is -5.16. The summed E-state index contributed by atoms with van der Waals surface area (Å²) in [4.78, 5) is 66.6. The van der Waals surface area contributed by atoms with Crippen molar-refractivity contribution >= 4 is 70.2 Å². The largest absolute Gasteiger partial charge is 0.478 e. The molecule has 12 nitrogen and oxygen atoms in total. The van der Waals surface area contributed by atoms with Gasteiger partial charge in [-0.1, -0.05) is 60.7 Å². The van der Waals surface area contributed by atoms with Crippen molar-refractivity contribution in [2.45, 2.75) is 0 Å². The maximum atomic E-state index is 12.3. The summed E-state index contributed by atoms with van der Waals surface area (Å²) in [7, 11) is 0. The molecule has 8 bridgehead atoms. The van der Waals surface area contributed by atoms with E-state index >= 15 is 0 Å². The van der Waals surface area contributed by atoms with Crippen LogP contribution in [0.4, 0.5) is 0 Å². The number of aromatic carboxylic acids is 4. The van der Waals surface area contributed by atoms with Crippen LogP contribution in [0.5, 0.6) is 0 Å². The quantitative estimate of drug-likeness (QED) is 0.0858. The van der Waals surface area contributed by atoms with Crippen molar-refractivity contribution in [2.75, 3.05) is 0 Å². The van der Waals surface area contributed by atoms with Crippen LogP contribution in [0.1, 0.15) is 64.2 Å². The molecule has 0 unspecified atom stereocenters. The van der Waals surface area contributed by atoms with Crippen LogP contribution in [0.15, 0.2) is 121 Å². The van der Waals surface area contributed by atoms with Crippen molar-refractivity contribution in [1.29, 1.82) is 0 Å². The molecule has 0 aliphatic carbocycles. The van der Waals surface area contributed by atoms with Gasteiger partial charge in [0.2, 0.25) is 0 Å². The lowest BCUT2D eigenvalue weighted by Crippen LogP contribution is -2.03. The molecule has 60 heavy (non-hydrogen) atoms. The van der Waals surface area contributed by atoms with Crippen LogP contribution in [0, 0.1) is 0 Å². The van der Waals surface area contributed by atoms with Crippen molar-refractivity contribution < 1.29 is 39.6 Å². The minimum atomic E-state index is -1.29. The Morgan fingerprint density at radius 1 is 0.350 bits per heavy atom. The van der Waals surface area contributed by atoms with E-state index in [1.54, 1.807) is 12.2 Å². The summed E-state index contributed by atoms with van der Waals surface area (Å²) in [6, 6.07) is 34.3. The highest BCUT2D eigenvalue weighted by Gasteiger charge is 2.22. The van der Waals surface area contributed by atoms with Crippen LogP contribution in [-0.2, 0) is 0 Å². The number of nitrogens with one attached hydrogen (secondary N) is 2. The topological polar surface area (TPSA) is 207 Å². The smallest absolute Gasteiger partial charge is 0.335 e. The number of fused-ring (bicyclic) bond motifs is 8. The number of nitrogens with zero attached hydrogens (tertiary/aromatic N) is 2. The number of aromatic nitrogens is 4. The lowest BCUT2D eigenvalue weighted by atomic mass is 9.98. The number of aromatic amines is 2. The molecule has 0 atom stereocenters. The van der Waals surface area contributed by atoms with Crippen LogP contribution in [0.2, 0.25) is 0 Å². The highest BCUT2D eigenvalue weighted by molar-refractivity contribution is 6.03. The summed E-state index contributed by atoms with van der Waals surface area (Å²) >= 11 is 0. The minimum absolute atomic E-state index is 0.208. The SMILES string of the molecule is O=C(O)c1cc(C(=O)O)cc(-c2c3nc(c(-c4ccccc4)c4ccc([nH]4)c(-c4cc(C(=O)O)cc(C(=O)O)c4)c4nc(c(-c5ccccc5)c5ccc2[nH]5)C=C4)C=C3)c1. The Morgan fingerprint density at radius 2 is 0.617 bits per heavy atom. The van der Waals surface area contributed by atoms with Gasteiger partial charge in [-0.25, -0.2) is 29.1 Å². The van der Waals surface area contributed by atoms with Gasteiger partial charge in [0.25, 0.3) is 0 Å². The monoisotopic (exact) mass is 790 g/mol. The molecule has 0 amide bonds.